The summed E-state index contributed by atoms with van der Waals surface area (Å²) in [6, 6.07) is 0.382. The summed E-state index contributed by atoms with van der Waals surface area (Å²) >= 11 is 0. The van der Waals surface area contributed by atoms with Crippen LogP contribution in [0.4, 0.5) is 0 Å². The van der Waals surface area contributed by atoms with Gasteiger partial charge in [-0.3, -0.25) is 4.90 Å². The quantitative estimate of drug-likeness (QED) is 0.703. The molecule has 1 spiro atoms. The van der Waals surface area contributed by atoms with Gasteiger partial charge in [0.05, 0.1) is 6.61 Å². The van der Waals surface area contributed by atoms with Crippen molar-refractivity contribution in [3.05, 3.63) is 0 Å². The Hall–Kier alpha value is -0.0800. The van der Waals surface area contributed by atoms with Crippen LogP contribution in [0.15, 0.2) is 0 Å². The van der Waals surface area contributed by atoms with E-state index >= 15 is 0 Å². The van der Waals surface area contributed by atoms with E-state index in [1.54, 1.807) is 0 Å². The summed E-state index contributed by atoms with van der Waals surface area (Å²) in [5.74, 6) is 0. The van der Waals surface area contributed by atoms with Crippen molar-refractivity contribution in [2.24, 2.45) is 5.41 Å². The molecule has 0 aromatic rings. The van der Waals surface area contributed by atoms with Crippen LogP contribution in [0.1, 0.15) is 39.0 Å². The molecule has 0 aromatic carbocycles. The molecule has 1 N–H and O–H groups in total. The van der Waals surface area contributed by atoms with Crippen molar-refractivity contribution in [1.29, 1.82) is 0 Å². The van der Waals surface area contributed by atoms with Gasteiger partial charge in [0.25, 0.3) is 0 Å². The fourth-order valence-corrected chi connectivity index (χ4v) is 2.86. The molecule has 76 valence electrons. The lowest BCUT2D eigenvalue weighted by Gasteiger charge is -2.54. The fraction of sp³-hybridized carbons (Fsp3) is 1.00. The molecule has 2 nitrogen and oxygen atoms in total. The number of hydrogen-bond donors (Lipinski definition) is 1. The van der Waals surface area contributed by atoms with E-state index in [-0.39, 0.29) is 0 Å². The van der Waals surface area contributed by atoms with Crippen LogP contribution in [-0.4, -0.2) is 35.7 Å². The van der Waals surface area contributed by atoms with E-state index in [1.807, 2.05) is 0 Å². The summed E-state index contributed by atoms with van der Waals surface area (Å²) in [7, 11) is 0. The van der Waals surface area contributed by atoms with E-state index in [9.17, 15) is 0 Å². The van der Waals surface area contributed by atoms with E-state index in [2.05, 4.69) is 11.8 Å². The standard InChI is InChI=1S/C11H21NO/c1-10(7-13)12-8-11(9-12)5-3-2-4-6-11/h10,13H,2-9H2,1H3/t10-/m0/s1. The minimum Gasteiger partial charge on any atom is -0.395 e. The molecule has 1 saturated carbocycles. The highest BCUT2D eigenvalue weighted by atomic mass is 16.3. The Bertz CT molecular complexity index is 167. The Morgan fingerprint density at radius 3 is 2.38 bits per heavy atom. The zero-order valence-corrected chi connectivity index (χ0v) is 8.63. The first-order valence-corrected chi connectivity index (χ1v) is 5.61. The first kappa shape index (κ1) is 9.47. The maximum Gasteiger partial charge on any atom is 0.0584 e. The van der Waals surface area contributed by atoms with Crippen LogP contribution >= 0.6 is 0 Å². The molecule has 2 rings (SSSR count). The molecule has 0 bridgehead atoms. The predicted molar refractivity (Wildman–Crippen MR) is 53.6 cm³/mol. The highest BCUT2D eigenvalue weighted by Gasteiger charge is 2.44. The first-order valence-electron chi connectivity index (χ1n) is 5.61. The second-order valence-electron chi connectivity index (χ2n) is 5.00. The van der Waals surface area contributed by atoms with Crippen molar-refractivity contribution in [2.45, 2.75) is 45.1 Å². The minimum atomic E-state index is 0.316. The fourth-order valence-electron chi connectivity index (χ4n) is 2.86. The van der Waals surface area contributed by atoms with E-state index in [4.69, 9.17) is 5.11 Å². The van der Waals surface area contributed by atoms with Gasteiger partial charge in [0.15, 0.2) is 0 Å². The minimum absolute atomic E-state index is 0.316. The molecule has 0 aromatic heterocycles. The van der Waals surface area contributed by atoms with Gasteiger partial charge in [-0.2, -0.15) is 0 Å². The van der Waals surface area contributed by atoms with Crippen LogP contribution in [0.2, 0.25) is 0 Å². The van der Waals surface area contributed by atoms with Gasteiger partial charge in [-0.05, 0) is 25.2 Å². The second-order valence-corrected chi connectivity index (χ2v) is 5.00. The molecule has 2 aliphatic rings. The van der Waals surface area contributed by atoms with Gasteiger partial charge in [0.1, 0.15) is 0 Å². The maximum absolute atomic E-state index is 9.02. The maximum atomic E-state index is 9.02. The van der Waals surface area contributed by atoms with Gasteiger partial charge in [0, 0.05) is 19.1 Å². The summed E-state index contributed by atoms with van der Waals surface area (Å²) in [5.41, 5.74) is 0.668. The summed E-state index contributed by atoms with van der Waals surface area (Å²) in [5, 5.41) is 9.02. The molecule has 2 fully saturated rings. The number of aliphatic hydroxyl groups excluding tert-OH is 1. The third-order valence-corrected chi connectivity index (χ3v) is 3.88. The molecule has 1 aliphatic carbocycles. The smallest absolute Gasteiger partial charge is 0.0584 e. The van der Waals surface area contributed by atoms with Gasteiger partial charge in [-0.1, -0.05) is 19.3 Å². The van der Waals surface area contributed by atoms with Gasteiger partial charge in [0.2, 0.25) is 0 Å². The van der Waals surface area contributed by atoms with Crippen molar-refractivity contribution < 1.29 is 5.11 Å². The van der Waals surface area contributed by atoms with Crippen LogP contribution in [0.3, 0.4) is 0 Å². The number of rotatable bonds is 2. The Labute approximate surface area is 80.9 Å². The average Bonchev–Trinajstić information content (AvgIpc) is 2.14. The molecular formula is C11H21NO. The predicted octanol–water partition coefficient (Wildman–Crippen LogP) is 1.63. The lowest BCUT2D eigenvalue weighted by Crippen LogP contribution is -2.60. The van der Waals surface area contributed by atoms with E-state index in [1.165, 1.54) is 45.2 Å². The third kappa shape index (κ3) is 1.75. The molecule has 1 heterocycles. The van der Waals surface area contributed by atoms with Crippen LogP contribution in [0.25, 0.3) is 0 Å². The molecule has 0 unspecified atom stereocenters. The normalized spacial score (nSPS) is 30.0. The lowest BCUT2D eigenvalue weighted by molar-refractivity contribution is -0.0614. The zero-order valence-electron chi connectivity index (χ0n) is 8.63. The molecule has 1 atom stereocenters. The molecule has 2 heteroatoms. The van der Waals surface area contributed by atoms with E-state index in [0.29, 0.717) is 18.1 Å². The number of likely N-dealkylation sites (tertiary alicyclic amines) is 1. The van der Waals surface area contributed by atoms with Crippen LogP contribution < -0.4 is 0 Å². The topological polar surface area (TPSA) is 23.5 Å². The molecule has 13 heavy (non-hydrogen) atoms. The number of hydrogen-bond acceptors (Lipinski definition) is 2. The van der Waals surface area contributed by atoms with Crippen LogP contribution in [0.5, 0.6) is 0 Å². The molecule has 1 saturated heterocycles. The molecule has 0 amide bonds. The van der Waals surface area contributed by atoms with Gasteiger partial charge >= 0.3 is 0 Å². The first-order chi connectivity index (χ1) is 6.26. The number of nitrogens with zero attached hydrogens (tertiary/aromatic N) is 1. The molecule has 0 radical (unpaired) electrons. The molecule has 1 aliphatic heterocycles. The molecular weight excluding hydrogens is 162 g/mol. The zero-order chi connectivity index (χ0) is 9.31. The van der Waals surface area contributed by atoms with E-state index < -0.39 is 0 Å². The van der Waals surface area contributed by atoms with Crippen molar-refractivity contribution in [3.8, 4) is 0 Å². The summed E-state index contributed by atoms with van der Waals surface area (Å²) < 4.78 is 0. The van der Waals surface area contributed by atoms with Gasteiger partial charge in [-0.15, -0.1) is 0 Å². The van der Waals surface area contributed by atoms with Crippen LogP contribution in [-0.2, 0) is 0 Å². The Balaban J connectivity index is 1.81. The second kappa shape index (κ2) is 3.58. The van der Waals surface area contributed by atoms with Crippen molar-refractivity contribution >= 4 is 0 Å². The van der Waals surface area contributed by atoms with Crippen molar-refractivity contribution in [3.63, 3.8) is 0 Å². The summed E-state index contributed by atoms with van der Waals surface area (Å²) in [4.78, 5) is 2.42. The lowest BCUT2D eigenvalue weighted by atomic mass is 9.68. The Morgan fingerprint density at radius 1 is 1.23 bits per heavy atom. The number of aliphatic hydroxyl groups is 1. The Kier molecular flexibility index (Phi) is 2.61. The SMILES string of the molecule is C[C@@H](CO)N1CC2(CCCCC2)C1. The van der Waals surface area contributed by atoms with Crippen molar-refractivity contribution in [2.75, 3.05) is 19.7 Å². The Morgan fingerprint density at radius 2 is 1.85 bits per heavy atom. The highest BCUT2D eigenvalue weighted by molar-refractivity contribution is 4.97. The largest absolute Gasteiger partial charge is 0.395 e. The van der Waals surface area contributed by atoms with Crippen LogP contribution in [0, 0.1) is 5.41 Å². The van der Waals surface area contributed by atoms with E-state index in [0.717, 1.165) is 0 Å². The third-order valence-electron chi connectivity index (χ3n) is 3.88. The monoisotopic (exact) mass is 183 g/mol. The van der Waals surface area contributed by atoms with Gasteiger partial charge < -0.3 is 5.11 Å². The average molecular weight is 183 g/mol. The summed E-state index contributed by atoms with van der Waals surface area (Å²) in [6.45, 7) is 4.93. The van der Waals surface area contributed by atoms with Crippen molar-refractivity contribution in [1.82, 2.24) is 4.90 Å². The van der Waals surface area contributed by atoms with Gasteiger partial charge in [-0.25, -0.2) is 0 Å². The highest BCUT2D eigenvalue weighted by Crippen LogP contribution is 2.44. The summed E-state index contributed by atoms with van der Waals surface area (Å²) in [6.07, 6.45) is 7.17.